The van der Waals surface area contributed by atoms with Crippen LogP contribution in [-0.2, 0) is 9.59 Å². The number of carbonyl (C=O) groups excluding carboxylic acids is 3. The zero-order chi connectivity index (χ0) is 27.1. The van der Waals surface area contributed by atoms with E-state index >= 15 is 0 Å². The second-order valence-corrected chi connectivity index (χ2v) is 8.57. The van der Waals surface area contributed by atoms with E-state index in [4.69, 9.17) is 4.74 Å². The van der Waals surface area contributed by atoms with Gasteiger partial charge >= 0.3 is 6.61 Å². The number of carbonyl (C=O) groups is 3. The first-order chi connectivity index (χ1) is 18.2. The number of aromatic nitrogens is 3. The number of hydrogen-bond acceptors (Lipinski definition) is 7. The molecule has 1 aliphatic heterocycles. The number of aromatic amines is 1. The third-order valence-corrected chi connectivity index (χ3v) is 6.27. The van der Waals surface area contributed by atoms with Gasteiger partial charge in [-0.25, -0.2) is 4.98 Å². The molecule has 0 aliphatic carbocycles. The van der Waals surface area contributed by atoms with E-state index in [9.17, 15) is 28.0 Å². The quantitative estimate of drug-likeness (QED) is 0.328. The number of methoxy groups -OCH3 is 1. The molecule has 1 saturated heterocycles. The maximum atomic E-state index is 13.6. The second-order valence-electron chi connectivity index (χ2n) is 8.57. The first-order valence-corrected chi connectivity index (χ1v) is 11.5. The number of rotatable bonds is 6. The maximum Gasteiger partial charge on any atom is 0.387 e. The lowest BCUT2D eigenvalue weighted by molar-refractivity contribution is -0.135. The average Bonchev–Trinajstić information content (AvgIpc) is 3.30. The number of amides is 3. The van der Waals surface area contributed by atoms with Gasteiger partial charge in [-0.2, -0.15) is 8.78 Å². The number of ether oxygens (including phenoxy) is 2. The number of imide groups is 1. The molecule has 196 valence electrons. The normalized spacial score (nSPS) is 15.7. The van der Waals surface area contributed by atoms with Crippen molar-refractivity contribution in [3.8, 4) is 11.5 Å². The predicted octanol–water partition coefficient (Wildman–Crippen LogP) is 3.03. The van der Waals surface area contributed by atoms with Gasteiger partial charge in [0.2, 0.25) is 11.8 Å². The highest BCUT2D eigenvalue weighted by molar-refractivity contribution is 6.10. The number of fused-ring (bicyclic) bond motifs is 2. The first kappa shape index (κ1) is 24.9. The molecule has 13 heteroatoms. The Labute approximate surface area is 212 Å². The van der Waals surface area contributed by atoms with Gasteiger partial charge in [0.05, 0.1) is 29.2 Å². The van der Waals surface area contributed by atoms with E-state index < -0.39 is 35.9 Å². The van der Waals surface area contributed by atoms with Gasteiger partial charge in [-0.1, -0.05) is 6.07 Å². The minimum atomic E-state index is -3.11. The molecule has 0 saturated carbocycles. The van der Waals surface area contributed by atoms with Crippen molar-refractivity contribution >= 4 is 45.2 Å². The van der Waals surface area contributed by atoms with Gasteiger partial charge in [0.15, 0.2) is 11.5 Å². The van der Waals surface area contributed by atoms with E-state index in [1.54, 1.807) is 25.1 Å². The minimum Gasteiger partial charge on any atom is -0.493 e. The van der Waals surface area contributed by atoms with Crippen molar-refractivity contribution in [1.82, 2.24) is 19.9 Å². The van der Waals surface area contributed by atoms with E-state index in [1.807, 2.05) is 0 Å². The summed E-state index contributed by atoms with van der Waals surface area (Å²) in [4.78, 5) is 58.1. The number of H-pyrrole nitrogens is 1. The molecular formula is C25H21F2N5O6. The summed E-state index contributed by atoms with van der Waals surface area (Å²) < 4.78 is 36.9. The van der Waals surface area contributed by atoms with Crippen LogP contribution in [0.2, 0.25) is 0 Å². The molecule has 3 amide bonds. The lowest BCUT2D eigenvalue weighted by Gasteiger charge is -2.24. The first-order valence-electron chi connectivity index (χ1n) is 11.5. The molecular weight excluding hydrogens is 504 g/mol. The largest absolute Gasteiger partial charge is 0.493 e. The molecule has 11 nitrogen and oxygen atoms in total. The maximum absolute atomic E-state index is 13.6. The predicted molar refractivity (Wildman–Crippen MR) is 132 cm³/mol. The summed E-state index contributed by atoms with van der Waals surface area (Å²) in [6.45, 7) is -1.53. The summed E-state index contributed by atoms with van der Waals surface area (Å²) in [5, 5.41) is 5.16. The van der Waals surface area contributed by atoms with Crippen LogP contribution in [0.5, 0.6) is 11.5 Å². The third kappa shape index (κ3) is 4.31. The van der Waals surface area contributed by atoms with E-state index in [0.29, 0.717) is 11.0 Å². The van der Waals surface area contributed by atoms with Crippen molar-refractivity contribution in [1.29, 1.82) is 0 Å². The van der Waals surface area contributed by atoms with Gasteiger partial charge in [-0.05, 0) is 43.7 Å². The Balaban J connectivity index is 1.55. The van der Waals surface area contributed by atoms with E-state index in [0.717, 1.165) is 0 Å². The zero-order valence-electron chi connectivity index (χ0n) is 20.1. The Morgan fingerprint density at radius 3 is 2.71 bits per heavy atom. The number of alkyl halides is 2. The number of halogens is 2. The Morgan fingerprint density at radius 2 is 2.00 bits per heavy atom. The molecule has 2 aromatic heterocycles. The number of anilines is 1. The van der Waals surface area contributed by atoms with Gasteiger partial charge in [-0.3, -0.25) is 29.1 Å². The third-order valence-electron chi connectivity index (χ3n) is 6.27. The highest BCUT2D eigenvalue weighted by Crippen LogP contribution is 2.37. The summed E-state index contributed by atoms with van der Waals surface area (Å²) >= 11 is 0. The molecule has 2 aromatic carbocycles. The molecule has 5 rings (SSSR count). The molecule has 4 aromatic rings. The van der Waals surface area contributed by atoms with Gasteiger partial charge in [0.25, 0.3) is 11.5 Å². The molecule has 38 heavy (non-hydrogen) atoms. The fourth-order valence-electron chi connectivity index (χ4n) is 4.59. The Hall–Kier alpha value is -4.81. The Morgan fingerprint density at radius 1 is 1.21 bits per heavy atom. The topological polar surface area (TPSA) is 144 Å². The van der Waals surface area contributed by atoms with E-state index in [-0.39, 0.29) is 52.3 Å². The monoisotopic (exact) mass is 525 g/mol. The molecule has 1 fully saturated rings. The fraction of sp³-hybridized carbons (Fsp3) is 0.240. The summed E-state index contributed by atoms with van der Waals surface area (Å²) in [6, 6.07) is 8.07. The van der Waals surface area contributed by atoms with Crippen LogP contribution in [0.15, 0.2) is 41.2 Å². The highest BCUT2D eigenvalue weighted by Gasteiger charge is 2.31. The smallest absolute Gasteiger partial charge is 0.387 e. The molecule has 0 bridgehead atoms. The van der Waals surface area contributed by atoms with E-state index in [2.05, 4.69) is 25.3 Å². The Kier molecular flexibility index (Phi) is 6.27. The van der Waals surface area contributed by atoms with Crippen LogP contribution in [0.3, 0.4) is 0 Å². The van der Waals surface area contributed by atoms with Gasteiger partial charge in [-0.15, -0.1) is 0 Å². The van der Waals surface area contributed by atoms with Crippen LogP contribution in [0, 0.1) is 6.92 Å². The van der Waals surface area contributed by atoms with Crippen LogP contribution < -0.4 is 25.7 Å². The number of nitrogens with one attached hydrogen (secondary N) is 3. The summed E-state index contributed by atoms with van der Waals surface area (Å²) in [5.41, 5.74) is 0.220. The molecule has 0 spiro atoms. The van der Waals surface area contributed by atoms with Crippen molar-refractivity contribution in [2.75, 3.05) is 12.4 Å². The number of hydrogen-bond donors (Lipinski definition) is 3. The SMILES string of the molecule is COc1ccc2[nH]c(C(=O)Nc3cccc4nc(C)n(C5CCC(=O)NC5=O)c(=O)c34)cc2c1OC(F)F. The summed E-state index contributed by atoms with van der Waals surface area (Å²) in [6.07, 6.45) is 0.204. The van der Waals surface area contributed by atoms with Crippen LogP contribution in [0.4, 0.5) is 14.5 Å². The van der Waals surface area contributed by atoms with Crippen molar-refractivity contribution < 1.29 is 32.6 Å². The van der Waals surface area contributed by atoms with Crippen molar-refractivity contribution in [2.45, 2.75) is 32.4 Å². The van der Waals surface area contributed by atoms with Crippen molar-refractivity contribution in [2.24, 2.45) is 0 Å². The van der Waals surface area contributed by atoms with Gasteiger partial charge < -0.3 is 19.8 Å². The van der Waals surface area contributed by atoms with E-state index in [1.165, 1.54) is 29.9 Å². The molecule has 1 atom stereocenters. The zero-order valence-corrected chi connectivity index (χ0v) is 20.1. The molecule has 3 N–H and O–H groups in total. The fourth-order valence-corrected chi connectivity index (χ4v) is 4.59. The van der Waals surface area contributed by atoms with Gasteiger partial charge in [0, 0.05) is 11.8 Å². The molecule has 0 radical (unpaired) electrons. The van der Waals surface area contributed by atoms with Gasteiger partial charge in [0.1, 0.15) is 17.6 Å². The second kappa shape index (κ2) is 9.57. The summed E-state index contributed by atoms with van der Waals surface area (Å²) in [5.74, 6) is -1.58. The molecule has 1 unspecified atom stereocenters. The number of benzene rings is 2. The van der Waals surface area contributed by atoms with Crippen LogP contribution in [0.25, 0.3) is 21.8 Å². The standard InChI is InChI=1S/C25H21F2N5O6/c1-11-28-14-4-3-5-15(20(14)24(36)32(11)17-7-9-19(33)31-23(17)35)30-22(34)16-10-12-13(29-16)6-8-18(37-2)21(12)38-25(26)27/h3-6,8,10,17,25,29H,7,9H2,1-2H3,(H,30,34)(H,31,33,35). The minimum absolute atomic E-state index is 0.00920. The average molecular weight is 525 g/mol. The summed E-state index contributed by atoms with van der Waals surface area (Å²) in [7, 11) is 1.30. The van der Waals surface area contributed by atoms with Crippen LogP contribution in [0.1, 0.15) is 35.2 Å². The van der Waals surface area contributed by atoms with Crippen LogP contribution in [-0.4, -0.2) is 46.0 Å². The van der Waals surface area contributed by atoms with Crippen LogP contribution >= 0.6 is 0 Å². The molecule has 1 aliphatic rings. The van der Waals surface area contributed by atoms with Crippen molar-refractivity contribution in [3.05, 3.63) is 58.3 Å². The highest BCUT2D eigenvalue weighted by atomic mass is 19.3. The number of aryl methyl sites for hydroxylation is 1. The lowest BCUT2D eigenvalue weighted by atomic mass is 10.1. The molecule has 3 heterocycles. The number of nitrogens with zero attached hydrogens (tertiary/aromatic N) is 2. The Bertz CT molecular complexity index is 1680. The van der Waals surface area contributed by atoms with Crippen molar-refractivity contribution in [3.63, 3.8) is 0 Å². The number of piperidine rings is 1. The lowest BCUT2D eigenvalue weighted by Crippen LogP contribution is -2.45.